The lowest BCUT2D eigenvalue weighted by molar-refractivity contribution is -0.137. The molecule has 6 heteroatoms. The van der Waals surface area contributed by atoms with Gasteiger partial charge in [0, 0.05) is 31.9 Å². The molecular weight excluding hydrogens is 321 g/mol. The SMILES string of the molecule is COCC1(C(=O)NC2CCCN(c3cccc(F)c3)C2)CCNCC1. The number of hydrogen-bond acceptors (Lipinski definition) is 4. The number of carbonyl (C=O) groups excluding carboxylic acids is 1. The Hall–Kier alpha value is -1.66. The lowest BCUT2D eigenvalue weighted by Gasteiger charge is -2.39. The summed E-state index contributed by atoms with van der Waals surface area (Å²) in [4.78, 5) is 15.1. The van der Waals surface area contributed by atoms with Gasteiger partial charge in [0.1, 0.15) is 5.82 Å². The van der Waals surface area contributed by atoms with E-state index in [1.807, 2.05) is 6.07 Å². The van der Waals surface area contributed by atoms with Gasteiger partial charge in [-0.1, -0.05) is 6.07 Å². The molecule has 2 aliphatic rings. The standard InChI is InChI=1S/C19H28FN3O2/c1-25-14-19(7-9-21-10-8-19)18(24)22-16-5-3-11-23(13-16)17-6-2-4-15(20)12-17/h2,4,6,12,16,21H,3,5,7-11,13-14H2,1H3,(H,22,24). The molecule has 1 unspecified atom stereocenters. The first-order valence-corrected chi connectivity index (χ1v) is 9.14. The molecule has 1 aromatic carbocycles. The highest BCUT2D eigenvalue weighted by Gasteiger charge is 2.40. The smallest absolute Gasteiger partial charge is 0.228 e. The Morgan fingerprint density at radius 3 is 2.96 bits per heavy atom. The van der Waals surface area contributed by atoms with Crippen LogP contribution in [0.4, 0.5) is 10.1 Å². The van der Waals surface area contributed by atoms with Crippen molar-refractivity contribution < 1.29 is 13.9 Å². The van der Waals surface area contributed by atoms with Crippen LogP contribution in [0.15, 0.2) is 24.3 Å². The molecule has 2 heterocycles. The summed E-state index contributed by atoms with van der Waals surface area (Å²) < 4.78 is 18.8. The van der Waals surface area contributed by atoms with E-state index in [1.54, 1.807) is 19.2 Å². The van der Waals surface area contributed by atoms with Crippen LogP contribution in [0.25, 0.3) is 0 Å². The summed E-state index contributed by atoms with van der Waals surface area (Å²) in [5.74, 6) is -0.126. The fourth-order valence-electron chi connectivity index (χ4n) is 3.96. The van der Waals surface area contributed by atoms with Crippen LogP contribution in [0.2, 0.25) is 0 Å². The second-order valence-electron chi connectivity index (χ2n) is 7.20. The Morgan fingerprint density at radius 2 is 2.24 bits per heavy atom. The summed E-state index contributed by atoms with van der Waals surface area (Å²) in [5, 5.41) is 6.56. The Labute approximate surface area is 148 Å². The Morgan fingerprint density at radius 1 is 1.44 bits per heavy atom. The fourth-order valence-corrected chi connectivity index (χ4v) is 3.96. The number of nitrogens with zero attached hydrogens (tertiary/aromatic N) is 1. The number of piperidine rings is 2. The second-order valence-corrected chi connectivity index (χ2v) is 7.20. The number of halogens is 1. The Bertz CT molecular complexity index is 584. The highest BCUT2D eigenvalue weighted by Crippen LogP contribution is 2.30. The summed E-state index contributed by atoms with van der Waals surface area (Å²) >= 11 is 0. The maximum Gasteiger partial charge on any atom is 0.228 e. The number of methoxy groups -OCH3 is 1. The van der Waals surface area contributed by atoms with Crippen molar-refractivity contribution in [3.63, 3.8) is 0 Å². The third kappa shape index (κ3) is 4.30. The average molecular weight is 349 g/mol. The zero-order chi connectivity index (χ0) is 17.7. The normalized spacial score (nSPS) is 23.3. The van der Waals surface area contributed by atoms with Crippen LogP contribution in [0, 0.1) is 11.2 Å². The summed E-state index contributed by atoms with van der Waals surface area (Å²) in [6, 6.07) is 6.76. The van der Waals surface area contributed by atoms with E-state index in [2.05, 4.69) is 15.5 Å². The van der Waals surface area contributed by atoms with Crippen molar-refractivity contribution in [1.82, 2.24) is 10.6 Å². The first-order chi connectivity index (χ1) is 12.1. The zero-order valence-electron chi connectivity index (χ0n) is 14.9. The van der Waals surface area contributed by atoms with Gasteiger partial charge in [-0.3, -0.25) is 4.79 Å². The largest absolute Gasteiger partial charge is 0.384 e. The van der Waals surface area contributed by atoms with Gasteiger partial charge in [-0.25, -0.2) is 4.39 Å². The van der Waals surface area contributed by atoms with E-state index >= 15 is 0 Å². The molecule has 5 nitrogen and oxygen atoms in total. The zero-order valence-corrected chi connectivity index (χ0v) is 14.9. The van der Waals surface area contributed by atoms with Crippen LogP contribution in [0.5, 0.6) is 0 Å². The van der Waals surface area contributed by atoms with Crippen molar-refractivity contribution in [3.05, 3.63) is 30.1 Å². The number of nitrogens with one attached hydrogen (secondary N) is 2. The van der Waals surface area contributed by atoms with Gasteiger partial charge in [0.15, 0.2) is 0 Å². The number of benzene rings is 1. The van der Waals surface area contributed by atoms with Gasteiger partial charge in [0.05, 0.1) is 12.0 Å². The van der Waals surface area contributed by atoms with Crippen LogP contribution in [0.3, 0.4) is 0 Å². The molecule has 138 valence electrons. The Kier molecular flexibility index (Phi) is 5.91. The summed E-state index contributed by atoms with van der Waals surface area (Å²) in [6.07, 6.45) is 3.54. The molecule has 0 radical (unpaired) electrons. The highest BCUT2D eigenvalue weighted by atomic mass is 19.1. The third-order valence-electron chi connectivity index (χ3n) is 5.39. The maximum absolute atomic E-state index is 13.5. The number of amides is 1. The van der Waals surface area contributed by atoms with Crippen LogP contribution >= 0.6 is 0 Å². The molecule has 1 atom stereocenters. The summed E-state index contributed by atoms with van der Waals surface area (Å²) in [5.41, 5.74) is 0.452. The fraction of sp³-hybridized carbons (Fsp3) is 0.632. The number of rotatable bonds is 5. The first kappa shape index (κ1) is 18.1. The minimum absolute atomic E-state index is 0.0909. The van der Waals surface area contributed by atoms with Crippen molar-refractivity contribution >= 4 is 11.6 Å². The molecule has 2 aliphatic heterocycles. The summed E-state index contributed by atoms with van der Waals surface area (Å²) in [6.45, 7) is 3.76. The van der Waals surface area contributed by atoms with Crippen LogP contribution < -0.4 is 15.5 Å². The molecule has 0 bridgehead atoms. The van der Waals surface area contributed by atoms with Crippen molar-refractivity contribution in [2.75, 3.05) is 44.8 Å². The molecule has 2 saturated heterocycles. The van der Waals surface area contributed by atoms with Crippen molar-refractivity contribution in [2.24, 2.45) is 5.41 Å². The van der Waals surface area contributed by atoms with Gasteiger partial charge < -0.3 is 20.3 Å². The van der Waals surface area contributed by atoms with E-state index in [0.717, 1.165) is 57.5 Å². The van der Waals surface area contributed by atoms with E-state index in [0.29, 0.717) is 6.61 Å². The third-order valence-corrected chi connectivity index (χ3v) is 5.39. The summed E-state index contributed by atoms with van der Waals surface area (Å²) in [7, 11) is 1.66. The van der Waals surface area contributed by atoms with E-state index in [-0.39, 0.29) is 17.8 Å². The van der Waals surface area contributed by atoms with Crippen molar-refractivity contribution in [3.8, 4) is 0 Å². The highest BCUT2D eigenvalue weighted by molar-refractivity contribution is 5.83. The predicted octanol–water partition coefficient (Wildman–Crippen LogP) is 1.93. The number of hydrogen-bond donors (Lipinski definition) is 2. The lowest BCUT2D eigenvalue weighted by Crippen LogP contribution is -2.55. The quantitative estimate of drug-likeness (QED) is 0.853. The van der Waals surface area contributed by atoms with E-state index in [1.165, 1.54) is 6.07 Å². The monoisotopic (exact) mass is 349 g/mol. The van der Waals surface area contributed by atoms with Gasteiger partial charge in [-0.2, -0.15) is 0 Å². The minimum Gasteiger partial charge on any atom is -0.384 e. The number of anilines is 1. The molecule has 0 aromatic heterocycles. The second kappa shape index (κ2) is 8.15. The first-order valence-electron chi connectivity index (χ1n) is 9.14. The molecule has 3 rings (SSSR count). The molecule has 1 amide bonds. The van der Waals surface area contributed by atoms with Gasteiger partial charge >= 0.3 is 0 Å². The molecule has 0 spiro atoms. The molecule has 2 N–H and O–H groups in total. The van der Waals surface area contributed by atoms with Crippen molar-refractivity contribution in [1.29, 1.82) is 0 Å². The van der Waals surface area contributed by atoms with E-state index in [4.69, 9.17) is 4.74 Å². The molecule has 0 aliphatic carbocycles. The number of carbonyl (C=O) groups is 1. The van der Waals surface area contributed by atoms with E-state index in [9.17, 15) is 9.18 Å². The van der Waals surface area contributed by atoms with Crippen LogP contribution in [0.1, 0.15) is 25.7 Å². The predicted molar refractivity (Wildman–Crippen MR) is 96.2 cm³/mol. The minimum atomic E-state index is -0.429. The molecule has 25 heavy (non-hydrogen) atoms. The average Bonchev–Trinajstić information content (AvgIpc) is 2.63. The molecule has 2 fully saturated rings. The van der Waals surface area contributed by atoms with Gasteiger partial charge in [0.2, 0.25) is 5.91 Å². The lowest BCUT2D eigenvalue weighted by atomic mass is 9.78. The topological polar surface area (TPSA) is 53.6 Å². The van der Waals surface area contributed by atoms with Gasteiger partial charge in [-0.15, -0.1) is 0 Å². The maximum atomic E-state index is 13.5. The van der Waals surface area contributed by atoms with Gasteiger partial charge in [-0.05, 0) is 57.0 Å². The Balaban J connectivity index is 1.64. The van der Waals surface area contributed by atoms with E-state index < -0.39 is 5.41 Å². The molecule has 0 saturated carbocycles. The molecule has 1 aromatic rings. The van der Waals surface area contributed by atoms with Crippen molar-refractivity contribution in [2.45, 2.75) is 31.7 Å². The van der Waals surface area contributed by atoms with Crippen LogP contribution in [-0.4, -0.2) is 51.8 Å². The molecular formula is C19H28FN3O2. The van der Waals surface area contributed by atoms with Gasteiger partial charge in [0.25, 0.3) is 0 Å². The van der Waals surface area contributed by atoms with Crippen LogP contribution in [-0.2, 0) is 9.53 Å². The number of ether oxygens (including phenoxy) is 1.